The van der Waals surface area contributed by atoms with Gasteiger partial charge in [0, 0.05) is 4.88 Å². The Morgan fingerprint density at radius 1 is 1.15 bits per heavy atom. The first-order valence-electron chi connectivity index (χ1n) is 9.37. The first kappa shape index (κ1) is 17.3. The number of hydrogen-bond acceptors (Lipinski definition) is 3. The molecule has 0 bridgehead atoms. The van der Waals surface area contributed by atoms with Crippen LogP contribution in [0.5, 0.6) is 0 Å². The van der Waals surface area contributed by atoms with E-state index in [-0.39, 0.29) is 12.1 Å². The van der Waals surface area contributed by atoms with E-state index in [0.717, 1.165) is 29.0 Å². The van der Waals surface area contributed by atoms with Crippen LogP contribution >= 0.6 is 11.3 Å². The molecule has 0 fully saturated rings. The minimum absolute atomic E-state index is 0.0631. The molecule has 136 valence electrons. The Labute approximate surface area is 159 Å². The zero-order valence-electron chi connectivity index (χ0n) is 15.6. The highest BCUT2D eigenvalue weighted by Gasteiger charge is 2.35. The molecule has 1 aromatic heterocycles. The summed E-state index contributed by atoms with van der Waals surface area (Å²) in [7, 11) is 0. The summed E-state index contributed by atoms with van der Waals surface area (Å²) in [6.45, 7) is 6.97. The molecule has 0 spiro atoms. The van der Waals surface area contributed by atoms with Gasteiger partial charge >= 0.3 is 0 Å². The van der Waals surface area contributed by atoms with E-state index in [4.69, 9.17) is 0 Å². The number of nitrogens with one attached hydrogen (secondary N) is 2. The summed E-state index contributed by atoms with van der Waals surface area (Å²) in [4.78, 5) is 14.1. The van der Waals surface area contributed by atoms with E-state index in [1.54, 1.807) is 11.3 Å². The molecule has 2 atom stereocenters. The summed E-state index contributed by atoms with van der Waals surface area (Å²) in [6, 6.07) is 10.2. The molecular formula is C22H26N2OS. The van der Waals surface area contributed by atoms with Crippen LogP contribution in [0.15, 0.2) is 36.4 Å². The van der Waals surface area contributed by atoms with E-state index < -0.39 is 0 Å². The highest BCUT2D eigenvalue weighted by molar-refractivity contribution is 7.16. The zero-order chi connectivity index (χ0) is 18.3. The van der Waals surface area contributed by atoms with Crippen molar-refractivity contribution in [3.8, 4) is 0 Å². The molecule has 2 aliphatic rings. The van der Waals surface area contributed by atoms with E-state index in [1.807, 2.05) is 30.4 Å². The molecule has 3 nitrogen and oxygen atoms in total. The van der Waals surface area contributed by atoms with Crippen LogP contribution in [0.3, 0.4) is 0 Å². The second-order valence-electron chi connectivity index (χ2n) is 8.38. The number of carbonyl (C=O) groups excluding carboxylic acids is 1. The standard InChI is InChI=1S/C22H26N2OS/c1-22(2,3)15-10-11-16-17(13-15)26-21-19(16)20(25)23-18(24-21)12-9-14-7-5-4-6-8-14/h4-9,12,15,18,24H,10-11,13H2,1-3H3,(H,23,25)/b12-9+/t15-,18+/m0/s1. The first-order chi connectivity index (χ1) is 12.4. The average Bonchev–Trinajstić information content (AvgIpc) is 2.98. The molecule has 0 unspecified atom stereocenters. The number of thiophene rings is 1. The molecule has 0 saturated heterocycles. The van der Waals surface area contributed by atoms with E-state index >= 15 is 0 Å². The Morgan fingerprint density at radius 3 is 2.65 bits per heavy atom. The maximum absolute atomic E-state index is 12.7. The largest absolute Gasteiger partial charge is 0.353 e. The topological polar surface area (TPSA) is 41.1 Å². The first-order valence-corrected chi connectivity index (χ1v) is 10.2. The van der Waals surface area contributed by atoms with Gasteiger partial charge in [0.1, 0.15) is 11.2 Å². The maximum Gasteiger partial charge on any atom is 0.256 e. The van der Waals surface area contributed by atoms with Gasteiger partial charge in [0.25, 0.3) is 5.91 Å². The van der Waals surface area contributed by atoms with Gasteiger partial charge in [-0.15, -0.1) is 11.3 Å². The Kier molecular flexibility index (Phi) is 4.39. The average molecular weight is 367 g/mol. The highest BCUT2D eigenvalue weighted by Crippen LogP contribution is 2.45. The molecule has 4 heteroatoms. The van der Waals surface area contributed by atoms with Crippen LogP contribution in [0, 0.1) is 11.3 Å². The molecule has 0 radical (unpaired) electrons. The van der Waals surface area contributed by atoms with E-state index in [2.05, 4.69) is 43.5 Å². The van der Waals surface area contributed by atoms with Crippen LogP contribution < -0.4 is 10.6 Å². The molecule has 2 heterocycles. The number of carbonyl (C=O) groups is 1. The van der Waals surface area contributed by atoms with Gasteiger partial charge < -0.3 is 10.6 Å². The van der Waals surface area contributed by atoms with E-state index in [1.165, 1.54) is 16.9 Å². The predicted octanol–water partition coefficient (Wildman–Crippen LogP) is 5.09. The van der Waals surface area contributed by atoms with Crippen molar-refractivity contribution in [2.45, 2.75) is 46.2 Å². The van der Waals surface area contributed by atoms with Gasteiger partial charge in [-0.05, 0) is 47.8 Å². The number of benzene rings is 1. The van der Waals surface area contributed by atoms with Crippen molar-refractivity contribution in [2.24, 2.45) is 11.3 Å². The highest BCUT2D eigenvalue weighted by atomic mass is 32.1. The second-order valence-corrected chi connectivity index (χ2v) is 9.48. The quantitative estimate of drug-likeness (QED) is 0.777. The minimum Gasteiger partial charge on any atom is -0.353 e. The number of hydrogen-bond donors (Lipinski definition) is 2. The van der Waals surface area contributed by atoms with Crippen LogP contribution in [-0.4, -0.2) is 12.1 Å². The summed E-state index contributed by atoms with van der Waals surface area (Å²) < 4.78 is 0. The second kappa shape index (κ2) is 6.58. The van der Waals surface area contributed by atoms with Crippen molar-refractivity contribution in [3.63, 3.8) is 0 Å². The van der Waals surface area contributed by atoms with E-state index in [0.29, 0.717) is 11.3 Å². The number of rotatable bonds is 2. The summed E-state index contributed by atoms with van der Waals surface area (Å²) in [5, 5.41) is 7.64. The Hall–Kier alpha value is -2.07. The maximum atomic E-state index is 12.7. The summed E-state index contributed by atoms with van der Waals surface area (Å²) in [6.07, 6.45) is 7.19. The molecule has 26 heavy (non-hydrogen) atoms. The van der Waals surface area contributed by atoms with Gasteiger partial charge in [-0.25, -0.2) is 0 Å². The van der Waals surface area contributed by atoms with Crippen LogP contribution in [0.2, 0.25) is 0 Å². The lowest BCUT2D eigenvalue weighted by Gasteiger charge is -2.34. The fourth-order valence-corrected chi connectivity index (χ4v) is 5.29. The third-order valence-electron chi connectivity index (χ3n) is 5.57. The fourth-order valence-electron chi connectivity index (χ4n) is 3.93. The summed E-state index contributed by atoms with van der Waals surface area (Å²) in [5.41, 5.74) is 3.62. The van der Waals surface area contributed by atoms with Crippen molar-refractivity contribution in [2.75, 3.05) is 5.32 Å². The monoisotopic (exact) mass is 366 g/mol. The summed E-state index contributed by atoms with van der Waals surface area (Å²) in [5.74, 6) is 0.750. The Balaban J connectivity index is 1.56. The van der Waals surface area contributed by atoms with Crippen LogP contribution in [-0.2, 0) is 12.8 Å². The lowest BCUT2D eigenvalue weighted by atomic mass is 9.72. The molecule has 0 saturated carbocycles. The molecule has 2 N–H and O–H groups in total. The van der Waals surface area contributed by atoms with Crippen molar-refractivity contribution in [1.29, 1.82) is 0 Å². The van der Waals surface area contributed by atoms with E-state index in [9.17, 15) is 4.79 Å². The van der Waals surface area contributed by atoms with Crippen molar-refractivity contribution in [1.82, 2.24) is 5.32 Å². The van der Waals surface area contributed by atoms with Crippen molar-refractivity contribution < 1.29 is 4.79 Å². The number of amides is 1. The predicted molar refractivity (Wildman–Crippen MR) is 110 cm³/mol. The zero-order valence-corrected chi connectivity index (χ0v) is 16.5. The van der Waals surface area contributed by atoms with Gasteiger partial charge in [0.2, 0.25) is 0 Å². The van der Waals surface area contributed by atoms with Crippen LogP contribution in [0.1, 0.15) is 53.6 Å². The van der Waals surface area contributed by atoms with Crippen LogP contribution in [0.4, 0.5) is 5.00 Å². The Bertz CT molecular complexity index is 845. The molecule has 1 aliphatic heterocycles. The van der Waals surface area contributed by atoms with Gasteiger partial charge in [0.15, 0.2) is 0 Å². The van der Waals surface area contributed by atoms with Gasteiger partial charge in [-0.1, -0.05) is 57.2 Å². The smallest absolute Gasteiger partial charge is 0.256 e. The molecule has 1 aliphatic carbocycles. The Morgan fingerprint density at radius 2 is 1.92 bits per heavy atom. The molecule has 2 aromatic rings. The van der Waals surface area contributed by atoms with Gasteiger partial charge in [0.05, 0.1) is 5.56 Å². The summed E-state index contributed by atoms with van der Waals surface area (Å²) >= 11 is 1.78. The molecule has 1 amide bonds. The molecule has 1 aromatic carbocycles. The van der Waals surface area contributed by atoms with Crippen molar-refractivity contribution in [3.05, 3.63) is 58.0 Å². The van der Waals surface area contributed by atoms with Gasteiger partial charge in [-0.3, -0.25) is 4.79 Å². The molecule has 4 rings (SSSR count). The third kappa shape index (κ3) is 3.30. The number of fused-ring (bicyclic) bond motifs is 3. The van der Waals surface area contributed by atoms with Crippen molar-refractivity contribution >= 4 is 28.3 Å². The SMILES string of the molecule is CC(C)(C)[C@H]1CCc2c(sc3c2C(=O)N[C@@H](/C=C/c2ccccc2)N3)C1. The van der Waals surface area contributed by atoms with Crippen LogP contribution in [0.25, 0.3) is 6.08 Å². The normalized spacial score (nSPS) is 22.5. The number of anilines is 1. The lowest BCUT2D eigenvalue weighted by Crippen LogP contribution is -2.43. The van der Waals surface area contributed by atoms with Gasteiger partial charge in [-0.2, -0.15) is 0 Å². The minimum atomic E-state index is -0.159. The fraction of sp³-hybridized carbons (Fsp3) is 0.409. The molecular weight excluding hydrogens is 340 g/mol. The lowest BCUT2D eigenvalue weighted by molar-refractivity contribution is 0.0942. The third-order valence-corrected chi connectivity index (χ3v) is 6.76.